The molecular weight excluding hydrogens is 410 g/mol. The molecule has 1 aromatic rings. The summed E-state index contributed by atoms with van der Waals surface area (Å²) in [6, 6.07) is 7.69. The number of carbonyl (C=O) groups excluding carboxylic acids is 3. The SMILES string of the molecule is Cc1cccc(OCC(=O)N2CCC(CN3CC(C(=O)N4CCOCC4)CC3=O)CC2)c1. The summed E-state index contributed by atoms with van der Waals surface area (Å²) in [4.78, 5) is 43.3. The van der Waals surface area contributed by atoms with Crippen molar-refractivity contribution < 1.29 is 23.9 Å². The molecule has 1 atom stereocenters. The Kier molecular flexibility index (Phi) is 7.29. The number of nitrogens with zero attached hydrogens (tertiary/aromatic N) is 3. The highest BCUT2D eigenvalue weighted by Crippen LogP contribution is 2.25. The molecule has 0 saturated carbocycles. The van der Waals surface area contributed by atoms with Crippen molar-refractivity contribution in [3.8, 4) is 5.75 Å². The minimum atomic E-state index is -0.235. The van der Waals surface area contributed by atoms with Crippen LogP contribution in [0.25, 0.3) is 0 Å². The van der Waals surface area contributed by atoms with Gasteiger partial charge in [0.25, 0.3) is 5.91 Å². The van der Waals surface area contributed by atoms with Gasteiger partial charge in [0, 0.05) is 45.7 Å². The summed E-state index contributed by atoms with van der Waals surface area (Å²) in [6.45, 7) is 6.96. The maximum atomic E-state index is 12.7. The maximum Gasteiger partial charge on any atom is 0.260 e. The molecule has 8 heteroatoms. The predicted molar refractivity (Wildman–Crippen MR) is 118 cm³/mol. The van der Waals surface area contributed by atoms with Crippen molar-refractivity contribution in [3.05, 3.63) is 29.8 Å². The fraction of sp³-hybridized carbons (Fsp3) is 0.625. The van der Waals surface area contributed by atoms with E-state index in [1.54, 1.807) is 0 Å². The molecule has 1 unspecified atom stereocenters. The van der Waals surface area contributed by atoms with Gasteiger partial charge in [0.05, 0.1) is 19.1 Å². The molecule has 4 rings (SSSR count). The molecule has 0 aromatic heterocycles. The van der Waals surface area contributed by atoms with Gasteiger partial charge in [-0.3, -0.25) is 14.4 Å². The quantitative estimate of drug-likeness (QED) is 0.663. The Balaban J connectivity index is 1.19. The number of ether oxygens (including phenoxy) is 2. The van der Waals surface area contributed by atoms with E-state index in [4.69, 9.17) is 9.47 Å². The van der Waals surface area contributed by atoms with Crippen molar-refractivity contribution in [2.24, 2.45) is 11.8 Å². The minimum Gasteiger partial charge on any atom is -0.484 e. The largest absolute Gasteiger partial charge is 0.484 e. The number of rotatable bonds is 6. The average Bonchev–Trinajstić information content (AvgIpc) is 3.18. The van der Waals surface area contributed by atoms with Crippen LogP contribution in [0, 0.1) is 18.8 Å². The fourth-order valence-corrected chi connectivity index (χ4v) is 4.77. The van der Waals surface area contributed by atoms with Crippen LogP contribution in [0.15, 0.2) is 24.3 Å². The number of morpholine rings is 1. The Bertz CT molecular complexity index is 831. The summed E-state index contributed by atoms with van der Waals surface area (Å²) >= 11 is 0. The number of aryl methyl sites for hydroxylation is 1. The van der Waals surface area contributed by atoms with Crippen LogP contribution in [-0.4, -0.2) is 91.5 Å². The molecule has 0 bridgehead atoms. The zero-order valence-electron chi connectivity index (χ0n) is 18.8. The van der Waals surface area contributed by atoms with Gasteiger partial charge in [-0.25, -0.2) is 0 Å². The number of likely N-dealkylation sites (tertiary alicyclic amines) is 2. The number of carbonyl (C=O) groups is 3. The molecule has 1 aromatic carbocycles. The second-order valence-electron chi connectivity index (χ2n) is 9.07. The van der Waals surface area contributed by atoms with Gasteiger partial charge in [-0.2, -0.15) is 0 Å². The Labute approximate surface area is 189 Å². The summed E-state index contributed by atoms with van der Waals surface area (Å²) in [5.41, 5.74) is 1.10. The highest BCUT2D eigenvalue weighted by Gasteiger charge is 2.38. The van der Waals surface area contributed by atoms with Crippen LogP contribution in [-0.2, 0) is 19.1 Å². The molecule has 3 amide bonds. The van der Waals surface area contributed by atoms with Gasteiger partial charge < -0.3 is 24.2 Å². The number of amides is 3. The van der Waals surface area contributed by atoms with Gasteiger partial charge in [0.2, 0.25) is 11.8 Å². The third-order valence-corrected chi connectivity index (χ3v) is 6.68. The summed E-state index contributed by atoms with van der Waals surface area (Å²) in [6.07, 6.45) is 2.04. The van der Waals surface area contributed by atoms with E-state index in [0.29, 0.717) is 70.6 Å². The third kappa shape index (κ3) is 5.59. The van der Waals surface area contributed by atoms with E-state index in [9.17, 15) is 14.4 Å². The molecule has 3 aliphatic heterocycles. The number of hydrogen-bond donors (Lipinski definition) is 0. The van der Waals surface area contributed by atoms with Crippen molar-refractivity contribution >= 4 is 17.7 Å². The van der Waals surface area contributed by atoms with E-state index in [-0.39, 0.29) is 30.2 Å². The predicted octanol–water partition coefficient (Wildman–Crippen LogP) is 1.32. The van der Waals surface area contributed by atoms with Crippen molar-refractivity contribution in [3.63, 3.8) is 0 Å². The lowest BCUT2D eigenvalue weighted by Gasteiger charge is -2.34. The van der Waals surface area contributed by atoms with Gasteiger partial charge in [-0.1, -0.05) is 12.1 Å². The van der Waals surface area contributed by atoms with Crippen LogP contribution in [0.5, 0.6) is 5.75 Å². The normalized spacial score (nSPS) is 22.3. The van der Waals surface area contributed by atoms with Gasteiger partial charge in [0.1, 0.15) is 5.75 Å². The van der Waals surface area contributed by atoms with Gasteiger partial charge in [-0.15, -0.1) is 0 Å². The van der Waals surface area contributed by atoms with Gasteiger partial charge >= 0.3 is 0 Å². The van der Waals surface area contributed by atoms with Crippen molar-refractivity contribution in [2.45, 2.75) is 26.2 Å². The van der Waals surface area contributed by atoms with Crippen LogP contribution < -0.4 is 4.74 Å². The summed E-state index contributed by atoms with van der Waals surface area (Å²) in [5.74, 6) is 0.985. The maximum absolute atomic E-state index is 12.7. The second-order valence-corrected chi connectivity index (χ2v) is 9.07. The zero-order chi connectivity index (χ0) is 22.5. The monoisotopic (exact) mass is 443 g/mol. The topological polar surface area (TPSA) is 79.4 Å². The Morgan fingerprint density at radius 3 is 2.56 bits per heavy atom. The second kappa shape index (κ2) is 10.3. The molecule has 3 saturated heterocycles. The molecule has 8 nitrogen and oxygen atoms in total. The van der Waals surface area contributed by atoms with E-state index in [2.05, 4.69) is 0 Å². The third-order valence-electron chi connectivity index (χ3n) is 6.68. The first-order valence-electron chi connectivity index (χ1n) is 11.6. The highest BCUT2D eigenvalue weighted by molar-refractivity contribution is 5.89. The first-order valence-corrected chi connectivity index (χ1v) is 11.6. The summed E-state index contributed by atoms with van der Waals surface area (Å²) < 4.78 is 11.0. The molecule has 3 aliphatic rings. The standard InChI is InChI=1S/C24H33N3O5/c1-18-3-2-4-21(13-18)32-17-23(29)25-7-5-19(6-8-25)15-27-16-20(14-22(27)28)24(30)26-9-11-31-12-10-26/h2-4,13,19-20H,5-12,14-17H2,1H3. The van der Waals surface area contributed by atoms with Crippen LogP contribution in [0.1, 0.15) is 24.8 Å². The number of hydrogen-bond acceptors (Lipinski definition) is 5. The van der Waals surface area contributed by atoms with Crippen molar-refractivity contribution in [1.82, 2.24) is 14.7 Å². The fourth-order valence-electron chi connectivity index (χ4n) is 4.77. The lowest BCUT2D eigenvalue weighted by molar-refractivity contribution is -0.139. The van der Waals surface area contributed by atoms with Crippen LogP contribution in [0.2, 0.25) is 0 Å². The van der Waals surface area contributed by atoms with Gasteiger partial charge in [0.15, 0.2) is 6.61 Å². The Morgan fingerprint density at radius 1 is 1.09 bits per heavy atom. The molecular formula is C24H33N3O5. The summed E-state index contributed by atoms with van der Waals surface area (Å²) in [7, 11) is 0. The molecule has 32 heavy (non-hydrogen) atoms. The van der Waals surface area contributed by atoms with E-state index in [1.165, 1.54) is 0 Å². The smallest absolute Gasteiger partial charge is 0.260 e. The van der Waals surface area contributed by atoms with Crippen LogP contribution in [0.4, 0.5) is 0 Å². The van der Waals surface area contributed by atoms with E-state index >= 15 is 0 Å². The van der Waals surface area contributed by atoms with E-state index < -0.39 is 0 Å². The first-order chi connectivity index (χ1) is 15.5. The molecule has 174 valence electrons. The molecule has 0 radical (unpaired) electrons. The van der Waals surface area contributed by atoms with Crippen molar-refractivity contribution in [1.29, 1.82) is 0 Å². The molecule has 0 aliphatic carbocycles. The Morgan fingerprint density at radius 2 is 1.84 bits per heavy atom. The Hall–Kier alpha value is -2.61. The number of piperidine rings is 1. The molecule has 0 N–H and O–H groups in total. The summed E-state index contributed by atoms with van der Waals surface area (Å²) in [5, 5.41) is 0. The average molecular weight is 444 g/mol. The zero-order valence-corrected chi connectivity index (χ0v) is 18.8. The molecule has 0 spiro atoms. The van der Waals surface area contributed by atoms with Gasteiger partial charge in [-0.05, 0) is 43.4 Å². The van der Waals surface area contributed by atoms with E-state index in [1.807, 2.05) is 45.9 Å². The highest BCUT2D eigenvalue weighted by atomic mass is 16.5. The lowest BCUT2D eigenvalue weighted by Crippen LogP contribution is -2.45. The lowest BCUT2D eigenvalue weighted by atomic mass is 9.96. The van der Waals surface area contributed by atoms with Crippen LogP contribution >= 0.6 is 0 Å². The van der Waals surface area contributed by atoms with E-state index in [0.717, 1.165) is 18.4 Å². The molecule has 3 fully saturated rings. The minimum absolute atomic E-state index is 0.00150. The van der Waals surface area contributed by atoms with Crippen molar-refractivity contribution in [2.75, 3.05) is 59.1 Å². The molecule has 3 heterocycles. The van der Waals surface area contributed by atoms with Crippen LogP contribution in [0.3, 0.4) is 0 Å². The first kappa shape index (κ1) is 22.6. The number of benzene rings is 1.